The molecule has 0 radical (unpaired) electrons. The Kier molecular flexibility index (Phi) is 9.69. The highest BCUT2D eigenvalue weighted by molar-refractivity contribution is 5.27. The Bertz CT molecular complexity index is 471. The molecule has 0 bridgehead atoms. The first-order valence-corrected chi connectivity index (χ1v) is 10.3. The first-order valence-electron chi connectivity index (χ1n) is 10.3. The molecule has 1 aliphatic rings. The van der Waals surface area contributed by atoms with Crippen LogP contribution in [-0.4, -0.2) is 13.3 Å². The summed E-state index contributed by atoms with van der Waals surface area (Å²) in [5, 5.41) is 0. The van der Waals surface area contributed by atoms with Gasteiger partial charge in [-0.15, -0.1) is 0 Å². The van der Waals surface area contributed by atoms with Crippen LogP contribution >= 0.6 is 0 Å². The highest BCUT2D eigenvalue weighted by atomic mass is 19.1. The maximum absolute atomic E-state index is 12.1. The predicted octanol–water partition coefficient (Wildman–Crippen LogP) is 6.91. The van der Waals surface area contributed by atoms with Crippen molar-refractivity contribution in [2.75, 3.05) is 13.3 Å². The van der Waals surface area contributed by atoms with Gasteiger partial charge in [-0.05, 0) is 93.7 Å². The van der Waals surface area contributed by atoms with Gasteiger partial charge in [-0.3, -0.25) is 4.39 Å². The largest absolute Gasteiger partial charge is 0.494 e. The van der Waals surface area contributed by atoms with Crippen LogP contribution in [0.1, 0.15) is 70.3 Å². The van der Waals surface area contributed by atoms with Gasteiger partial charge in [-0.1, -0.05) is 31.2 Å². The van der Waals surface area contributed by atoms with E-state index in [1.807, 2.05) is 0 Å². The molecule has 1 aliphatic carbocycles. The molecule has 1 aromatic rings. The minimum atomic E-state index is -0.173. The molecule has 0 aliphatic heterocycles. The van der Waals surface area contributed by atoms with Crippen LogP contribution < -0.4 is 4.74 Å². The van der Waals surface area contributed by atoms with E-state index in [1.54, 1.807) is 0 Å². The molecule has 1 saturated carbocycles. The number of benzene rings is 1. The summed E-state index contributed by atoms with van der Waals surface area (Å²) in [5.74, 6) is 2.63. The van der Waals surface area contributed by atoms with Gasteiger partial charge in [0.1, 0.15) is 5.75 Å². The molecule has 1 aromatic carbocycles. The van der Waals surface area contributed by atoms with Crippen LogP contribution in [0, 0.1) is 11.8 Å². The van der Waals surface area contributed by atoms with Crippen molar-refractivity contribution < 1.29 is 9.13 Å². The van der Waals surface area contributed by atoms with Crippen molar-refractivity contribution >= 4 is 0 Å². The molecule has 0 amide bonds. The van der Waals surface area contributed by atoms with E-state index in [2.05, 4.69) is 43.3 Å². The zero-order valence-corrected chi connectivity index (χ0v) is 15.9. The monoisotopic (exact) mass is 346 g/mol. The molecule has 1 nitrogen and oxygen atoms in total. The molecule has 0 N–H and O–H groups in total. The molecule has 140 valence electrons. The van der Waals surface area contributed by atoms with Gasteiger partial charge in [-0.2, -0.15) is 0 Å². The van der Waals surface area contributed by atoms with Crippen molar-refractivity contribution in [3.63, 3.8) is 0 Å². The topological polar surface area (TPSA) is 9.23 Å². The smallest absolute Gasteiger partial charge is 0.119 e. The number of hydrogen-bond donors (Lipinski definition) is 0. The van der Waals surface area contributed by atoms with Crippen molar-refractivity contribution in [2.45, 2.75) is 71.1 Å². The number of unbranched alkanes of at least 4 members (excludes halogenated alkanes) is 2. The number of aryl methyl sites for hydroxylation is 1. The lowest BCUT2D eigenvalue weighted by molar-refractivity contribution is 0.295. The molecule has 0 spiro atoms. The van der Waals surface area contributed by atoms with E-state index in [0.717, 1.165) is 43.5 Å². The third kappa shape index (κ3) is 8.07. The second-order valence-electron chi connectivity index (χ2n) is 7.42. The van der Waals surface area contributed by atoms with Gasteiger partial charge in [0.15, 0.2) is 0 Å². The lowest BCUT2D eigenvalue weighted by Gasteiger charge is -2.26. The third-order valence-corrected chi connectivity index (χ3v) is 5.29. The van der Waals surface area contributed by atoms with Gasteiger partial charge in [0.25, 0.3) is 0 Å². The summed E-state index contributed by atoms with van der Waals surface area (Å²) in [6.07, 6.45) is 16.3. The molecule has 25 heavy (non-hydrogen) atoms. The fourth-order valence-electron chi connectivity index (χ4n) is 3.66. The Labute approximate surface area is 153 Å². The van der Waals surface area contributed by atoms with E-state index in [4.69, 9.17) is 4.74 Å². The van der Waals surface area contributed by atoms with Crippen LogP contribution in [0.25, 0.3) is 0 Å². The summed E-state index contributed by atoms with van der Waals surface area (Å²) >= 11 is 0. The van der Waals surface area contributed by atoms with Crippen molar-refractivity contribution in [3.8, 4) is 5.75 Å². The minimum absolute atomic E-state index is 0.173. The maximum Gasteiger partial charge on any atom is 0.119 e. The SMILES string of the molecule is CCCOc1ccc(CC[C@H]2CC[C@H](/C=C/CCCCF)CC2)cc1. The minimum Gasteiger partial charge on any atom is -0.494 e. The molecule has 2 rings (SSSR count). The molecule has 0 saturated heterocycles. The number of alkyl halides is 1. The van der Waals surface area contributed by atoms with Gasteiger partial charge < -0.3 is 4.74 Å². The summed E-state index contributed by atoms with van der Waals surface area (Å²) < 4.78 is 17.7. The molecule has 0 heterocycles. The number of rotatable bonds is 11. The zero-order valence-electron chi connectivity index (χ0n) is 15.9. The van der Waals surface area contributed by atoms with Crippen molar-refractivity contribution in [3.05, 3.63) is 42.0 Å². The number of allylic oxidation sites excluding steroid dienone is 2. The van der Waals surface area contributed by atoms with Crippen LogP contribution in [0.15, 0.2) is 36.4 Å². The summed E-state index contributed by atoms with van der Waals surface area (Å²) in [6, 6.07) is 8.65. The lowest BCUT2D eigenvalue weighted by atomic mass is 9.79. The highest BCUT2D eigenvalue weighted by Crippen LogP contribution is 2.32. The Morgan fingerprint density at radius 1 is 1.08 bits per heavy atom. The first kappa shape index (κ1) is 20.0. The van der Waals surface area contributed by atoms with Gasteiger partial charge in [0, 0.05) is 0 Å². The highest BCUT2D eigenvalue weighted by Gasteiger charge is 2.19. The van der Waals surface area contributed by atoms with Gasteiger partial charge in [-0.25, -0.2) is 0 Å². The Balaban J connectivity index is 1.61. The van der Waals surface area contributed by atoms with Crippen molar-refractivity contribution in [1.82, 2.24) is 0 Å². The van der Waals surface area contributed by atoms with Crippen molar-refractivity contribution in [2.24, 2.45) is 11.8 Å². The molecular weight excluding hydrogens is 311 g/mol. The van der Waals surface area contributed by atoms with Crippen LogP contribution in [0.5, 0.6) is 5.75 Å². The molecule has 0 aromatic heterocycles. The normalized spacial score (nSPS) is 20.9. The first-order chi connectivity index (χ1) is 12.3. The van der Waals surface area contributed by atoms with E-state index >= 15 is 0 Å². The Morgan fingerprint density at radius 3 is 2.52 bits per heavy atom. The second-order valence-corrected chi connectivity index (χ2v) is 7.42. The fourth-order valence-corrected chi connectivity index (χ4v) is 3.66. The average molecular weight is 347 g/mol. The van der Waals surface area contributed by atoms with E-state index in [0.29, 0.717) is 6.42 Å². The van der Waals surface area contributed by atoms with Crippen LogP contribution in [0.2, 0.25) is 0 Å². The second kappa shape index (κ2) is 12.1. The van der Waals surface area contributed by atoms with Crippen LogP contribution in [0.4, 0.5) is 4.39 Å². The lowest BCUT2D eigenvalue weighted by Crippen LogP contribution is -2.13. The maximum atomic E-state index is 12.1. The van der Waals surface area contributed by atoms with Crippen LogP contribution in [-0.2, 0) is 6.42 Å². The molecule has 1 fully saturated rings. The quantitative estimate of drug-likeness (QED) is 0.312. The molecular formula is C23H35FO. The summed E-state index contributed by atoms with van der Waals surface area (Å²) in [7, 11) is 0. The van der Waals surface area contributed by atoms with Gasteiger partial charge >= 0.3 is 0 Å². The van der Waals surface area contributed by atoms with Gasteiger partial charge in [0.05, 0.1) is 13.3 Å². The van der Waals surface area contributed by atoms with E-state index < -0.39 is 0 Å². The third-order valence-electron chi connectivity index (χ3n) is 5.29. The Morgan fingerprint density at radius 2 is 1.84 bits per heavy atom. The summed E-state index contributed by atoms with van der Waals surface area (Å²) in [4.78, 5) is 0. The fraction of sp³-hybridized carbons (Fsp3) is 0.652. The standard InChI is InChI=1S/C23H35FO/c1-2-19-25-23-16-14-22(15-17-23)13-12-21-10-8-20(9-11-21)7-5-3-4-6-18-24/h5,7,14-17,20-21H,2-4,6,8-13,18-19H2,1H3/b7-5+/t20-,21-. The number of hydrogen-bond acceptors (Lipinski definition) is 1. The summed E-state index contributed by atoms with van der Waals surface area (Å²) in [6.45, 7) is 2.76. The van der Waals surface area contributed by atoms with E-state index in [9.17, 15) is 4.39 Å². The summed E-state index contributed by atoms with van der Waals surface area (Å²) in [5.41, 5.74) is 1.43. The molecule has 0 unspecified atom stereocenters. The Hall–Kier alpha value is -1.31. The van der Waals surface area contributed by atoms with E-state index in [1.165, 1.54) is 44.1 Å². The van der Waals surface area contributed by atoms with Crippen LogP contribution in [0.3, 0.4) is 0 Å². The predicted molar refractivity (Wildman–Crippen MR) is 105 cm³/mol. The van der Waals surface area contributed by atoms with Crippen molar-refractivity contribution in [1.29, 1.82) is 0 Å². The molecule has 0 atom stereocenters. The van der Waals surface area contributed by atoms with Gasteiger partial charge in [0.2, 0.25) is 0 Å². The number of halogens is 1. The average Bonchev–Trinajstić information content (AvgIpc) is 2.66. The zero-order chi connectivity index (χ0) is 17.7. The molecule has 2 heteroatoms. The number of ether oxygens (including phenoxy) is 1. The van der Waals surface area contributed by atoms with E-state index in [-0.39, 0.29) is 6.67 Å².